The molecule has 0 aliphatic rings. The van der Waals surface area contributed by atoms with Crippen LogP contribution >= 0.6 is 0 Å². The van der Waals surface area contributed by atoms with Gasteiger partial charge in [-0.2, -0.15) is 0 Å². The zero-order valence-electron chi connectivity index (χ0n) is 31.5. The molecule has 3 nitrogen and oxygen atoms in total. The van der Waals surface area contributed by atoms with Crippen molar-refractivity contribution < 1.29 is 0 Å². The number of aromatic nitrogens is 3. The minimum Gasteiger partial charge on any atom is -0.264 e. The van der Waals surface area contributed by atoms with E-state index >= 15 is 0 Å². The summed E-state index contributed by atoms with van der Waals surface area (Å²) in [5.41, 5.74) is 11.7. The van der Waals surface area contributed by atoms with Gasteiger partial charge in [0, 0.05) is 34.6 Å². The Kier molecular flexibility index (Phi) is 8.15. The molecular weight excluding hydrogens is 703 g/mol. The highest BCUT2D eigenvalue weighted by molar-refractivity contribution is 6.24. The first-order chi connectivity index (χ1) is 28.8. The lowest BCUT2D eigenvalue weighted by atomic mass is 9.86. The highest BCUT2D eigenvalue weighted by Crippen LogP contribution is 2.44. The molecule has 3 heteroatoms. The smallest absolute Gasteiger partial charge is 0.160 e. The van der Waals surface area contributed by atoms with Crippen molar-refractivity contribution in [1.29, 1.82) is 0 Å². The minimum absolute atomic E-state index is 0.675. The van der Waals surface area contributed by atoms with Crippen LogP contribution in [0.3, 0.4) is 0 Å². The van der Waals surface area contributed by atoms with Crippen molar-refractivity contribution >= 4 is 43.1 Å². The number of pyridine rings is 1. The van der Waals surface area contributed by atoms with E-state index in [1.54, 1.807) is 6.20 Å². The number of benzene rings is 9. The first kappa shape index (κ1) is 33.6. The SMILES string of the molecule is c1ccc(-c2cc(-c3ccccc3-c3cccnc3)nc(-c3cccc(-c4cc5c6ccccc6c(-c6cccc7ccccc67)cc5c5ccccc45)c3)n2)cc1. The van der Waals surface area contributed by atoms with Gasteiger partial charge >= 0.3 is 0 Å². The minimum atomic E-state index is 0.675. The van der Waals surface area contributed by atoms with Crippen LogP contribution in [0, 0.1) is 0 Å². The molecule has 0 bridgehead atoms. The van der Waals surface area contributed by atoms with Crippen LogP contribution in [0.25, 0.3) is 110 Å². The average Bonchev–Trinajstić information content (AvgIpc) is 3.31. The van der Waals surface area contributed by atoms with Crippen molar-refractivity contribution in [3.8, 4) is 67.3 Å². The average molecular weight is 738 g/mol. The van der Waals surface area contributed by atoms with Crippen molar-refractivity contribution in [3.63, 3.8) is 0 Å². The molecule has 0 amide bonds. The summed E-state index contributed by atoms with van der Waals surface area (Å²) in [6.07, 6.45) is 3.71. The lowest BCUT2D eigenvalue weighted by molar-refractivity contribution is 1.18. The molecule has 2 heterocycles. The van der Waals surface area contributed by atoms with Gasteiger partial charge in [0.1, 0.15) is 0 Å². The maximum absolute atomic E-state index is 5.30. The second kappa shape index (κ2) is 14.1. The van der Waals surface area contributed by atoms with Crippen LogP contribution in [0.5, 0.6) is 0 Å². The van der Waals surface area contributed by atoms with Crippen LogP contribution in [0.2, 0.25) is 0 Å². The number of fused-ring (bicyclic) bond motifs is 6. The van der Waals surface area contributed by atoms with Gasteiger partial charge in [-0.1, -0.05) is 170 Å². The molecule has 0 unspecified atom stereocenters. The van der Waals surface area contributed by atoms with Crippen LogP contribution in [0.4, 0.5) is 0 Å². The Morgan fingerprint density at radius 1 is 0.276 bits per heavy atom. The molecule has 0 radical (unpaired) electrons. The third-order valence-corrected chi connectivity index (χ3v) is 11.4. The summed E-state index contributed by atoms with van der Waals surface area (Å²) in [6, 6.07) is 71.5. The van der Waals surface area contributed by atoms with Gasteiger partial charge in [-0.05, 0) is 101 Å². The van der Waals surface area contributed by atoms with Gasteiger partial charge in [0.25, 0.3) is 0 Å². The number of nitrogens with zero attached hydrogens (tertiary/aromatic N) is 3. The Balaban J connectivity index is 1.11. The number of hydrogen-bond acceptors (Lipinski definition) is 3. The normalized spacial score (nSPS) is 11.4. The maximum atomic E-state index is 5.30. The van der Waals surface area contributed by atoms with Crippen molar-refractivity contribution in [2.75, 3.05) is 0 Å². The van der Waals surface area contributed by atoms with Crippen molar-refractivity contribution in [2.24, 2.45) is 0 Å². The molecule has 2 aromatic heterocycles. The topological polar surface area (TPSA) is 38.7 Å². The molecule has 11 rings (SSSR count). The fourth-order valence-corrected chi connectivity index (χ4v) is 8.65. The summed E-state index contributed by atoms with van der Waals surface area (Å²) in [5, 5.41) is 9.89. The third kappa shape index (κ3) is 5.80. The van der Waals surface area contributed by atoms with Gasteiger partial charge in [-0.25, -0.2) is 9.97 Å². The zero-order chi connectivity index (χ0) is 38.4. The summed E-state index contributed by atoms with van der Waals surface area (Å²) >= 11 is 0. The predicted molar refractivity (Wildman–Crippen MR) is 242 cm³/mol. The van der Waals surface area contributed by atoms with Crippen LogP contribution in [-0.4, -0.2) is 15.0 Å². The van der Waals surface area contributed by atoms with E-state index in [9.17, 15) is 0 Å². The standard InChI is InChI=1S/C55H35N3/c1-2-16-37(17-3-1)53-34-54(48-28-11-6-23-42(48)40-21-14-30-56-35-40)58-55(57-53)39-20-12-19-38(31-39)49-32-51-47-27-10-9-26-46(47)50(33-52(51)45-25-8-7-24-44(45)49)43-29-13-18-36-15-4-5-22-41(36)43/h1-35H. The molecule has 270 valence electrons. The molecule has 0 aliphatic carbocycles. The van der Waals surface area contributed by atoms with Crippen LogP contribution in [0.15, 0.2) is 213 Å². The second-order valence-corrected chi connectivity index (χ2v) is 14.8. The second-order valence-electron chi connectivity index (χ2n) is 14.8. The monoisotopic (exact) mass is 737 g/mol. The van der Waals surface area contributed by atoms with E-state index in [2.05, 4.69) is 193 Å². The molecule has 0 saturated carbocycles. The highest BCUT2D eigenvalue weighted by atomic mass is 14.9. The number of hydrogen-bond donors (Lipinski definition) is 0. The van der Waals surface area contributed by atoms with E-state index in [0.29, 0.717) is 5.82 Å². The predicted octanol–water partition coefficient (Wildman–Crippen LogP) is 14.5. The van der Waals surface area contributed by atoms with Gasteiger partial charge in [0.2, 0.25) is 0 Å². The quantitative estimate of drug-likeness (QED) is 0.160. The molecule has 0 aliphatic heterocycles. The fourth-order valence-electron chi connectivity index (χ4n) is 8.65. The molecule has 0 fully saturated rings. The lowest BCUT2D eigenvalue weighted by Gasteiger charge is -2.17. The molecule has 58 heavy (non-hydrogen) atoms. The van der Waals surface area contributed by atoms with Gasteiger partial charge in [0.15, 0.2) is 5.82 Å². The van der Waals surface area contributed by atoms with Gasteiger partial charge in [0.05, 0.1) is 11.4 Å². The maximum Gasteiger partial charge on any atom is 0.160 e. The van der Waals surface area contributed by atoms with E-state index < -0.39 is 0 Å². The van der Waals surface area contributed by atoms with E-state index in [4.69, 9.17) is 9.97 Å². The molecule has 11 aromatic rings. The van der Waals surface area contributed by atoms with Crippen molar-refractivity contribution in [1.82, 2.24) is 15.0 Å². The van der Waals surface area contributed by atoms with Gasteiger partial charge in [-0.3, -0.25) is 4.98 Å². The molecular formula is C55H35N3. The van der Waals surface area contributed by atoms with Crippen molar-refractivity contribution in [3.05, 3.63) is 213 Å². The van der Waals surface area contributed by atoms with Crippen LogP contribution < -0.4 is 0 Å². The Bertz CT molecular complexity index is 3330. The van der Waals surface area contributed by atoms with Gasteiger partial charge in [-0.15, -0.1) is 0 Å². The van der Waals surface area contributed by atoms with Crippen LogP contribution in [-0.2, 0) is 0 Å². The summed E-state index contributed by atoms with van der Waals surface area (Å²) < 4.78 is 0. The molecule has 0 atom stereocenters. The van der Waals surface area contributed by atoms with E-state index in [-0.39, 0.29) is 0 Å². The summed E-state index contributed by atoms with van der Waals surface area (Å²) in [6.45, 7) is 0. The van der Waals surface area contributed by atoms with Crippen LogP contribution in [0.1, 0.15) is 0 Å². The Morgan fingerprint density at radius 3 is 1.60 bits per heavy atom. The summed E-state index contributed by atoms with van der Waals surface area (Å²) in [4.78, 5) is 14.9. The van der Waals surface area contributed by atoms with Crippen molar-refractivity contribution in [2.45, 2.75) is 0 Å². The summed E-state index contributed by atoms with van der Waals surface area (Å²) in [7, 11) is 0. The molecule has 0 N–H and O–H groups in total. The van der Waals surface area contributed by atoms with E-state index in [1.165, 1.54) is 59.8 Å². The highest BCUT2D eigenvalue weighted by Gasteiger charge is 2.18. The largest absolute Gasteiger partial charge is 0.264 e. The lowest BCUT2D eigenvalue weighted by Crippen LogP contribution is -1.97. The fraction of sp³-hybridized carbons (Fsp3) is 0. The Morgan fingerprint density at radius 2 is 0.828 bits per heavy atom. The Labute approximate surface area is 336 Å². The van der Waals surface area contributed by atoms with E-state index in [1.807, 2.05) is 18.3 Å². The number of rotatable bonds is 6. The summed E-state index contributed by atoms with van der Waals surface area (Å²) in [5.74, 6) is 0.675. The first-order valence-corrected chi connectivity index (χ1v) is 19.7. The molecule has 0 saturated heterocycles. The van der Waals surface area contributed by atoms with E-state index in [0.717, 1.165) is 44.8 Å². The third-order valence-electron chi connectivity index (χ3n) is 11.4. The van der Waals surface area contributed by atoms with Gasteiger partial charge < -0.3 is 0 Å². The molecule has 9 aromatic carbocycles. The Hall–Kier alpha value is -7.75. The first-order valence-electron chi connectivity index (χ1n) is 19.7. The zero-order valence-corrected chi connectivity index (χ0v) is 31.5. The molecule has 0 spiro atoms.